The molecule has 0 aliphatic heterocycles. The van der Waals surface area contributed by atoms with Gasteiger partial charge in [-0.25, -0.2) is 4.79 Å². The molecule has 0 radical (unpaired) electrons. The first-order valence-corrected chi connectivity index (χ1v) is 7.93. The first-order chi connectivity index (χ1) is 12.3. The zero-order valence-corrected chi connectivity index (χ0v) is 14.7. The molecule has 0 saturated carbocycles. The van der Waals surface area contributed by atoms with Crippen LogP contribution >= 0.6 is 11.6 Å². The molecule has 0 unspecified atom stereocenters. The molecule has 0 aromatic heterocycles. The van der Waals surface area contributed by atoms with E-state index in [2.05, 4.69) is 10.6 Å². The smallest absolute Gasteiger partial charge is 0.339 e. The van der Waals surface area contributed by atoms with Crippen LogP contribution in [0.5, 0.6) is 0 Å². The molecule has 9 heteroatoms. The minimum atomic E-state index is -1.10. The van der Waals surface area contributed by atoms with E-state index in [0.29, 0.717) is 10.7 Å². The average molecular weight is 378 g/mol. The second-order valence-electron chi connectivity index (χ2n) is 5.28. The molecule has 136 valence electrons. The number of nitrogens with one attached hydrogen (secondary N) is 2. The Bertz CT molecular complexity index is 839. The number of esters is 1. The number of nitrogens with zero attached hydrogens (tertiary/aromatic N) is 1. The van der Waals surface area contributed by atoms with Crippen molar-refractivity contribution in [3.8, 4) is 0 Å². The molecule has 0 fully saturated rings. The predicted molar refractivity (Wildman–Crippen MR) is 97.6 cm³/mol. The van der Waals surface area contributed by atoms with Gasteiger partial charge in [0.25, 0.3) is 11.6 Å². The molecule has 0 aliphatic carbocycles. The van der Waals surface area contributed by atoms with Crippen LogP contribution in [-0.2, 0) is 9.53 Å². The topological polar surface area (TPSA) is 111 Å². The average Bonchev–Trinajstić information content (AvgIpc) is 2.62. The Morgan fingerprint density at radius 1 is 1.19 bits per heavy atom. The molecule has 1 atom stereocenters. The lowest BCUT2D eigenvalue weighted by Gasteiger charge is -2.14. The van der Waals surface area contributed by atoms with Crippen molar-refractivity contribution in [1.29, 1.82) is 0 Å². The molecule has 26 heavy (non-hydrogen) atoms. The molecule has 0 heterocycles. The van der Waals surface area contributed by atoms with E-state index in [4.69, 9.17) is 16.3 Å². The molecule has 0 spiro atoms. The molecule has 0 saturated heterocycles. The molecular formula is C17H16ClN3O5. The van der Waals surface area contributed by atoms with Gasteiger partial charge in [0.1, 0.15) is 5.69 Å². The highest BCUT2D eigenvalue weighted by Crippen LogP contribution is 2.25. The Labute approximate surface area is 154 Å². The first kappa shape index (κ1) is 19.2. The van der Waals surface area contributed by atoms with Gasteiger partial charge in [-0.15, -0.1) is 0 Å². The van der Waals surface area contributed by atoms with Gasteiger partial charge in [-0.2, -0.15) is 0 Å². The summed E-state index contributed by atoms with van der Waals surface area (Å²) in [7, 11) is 1.53. The fourth-order valence-electron chi connectivity index (χ4n) is 2.08. The number of rotatable bonds is 6. The summed E-state index contributed by atoms with van der Waals surface area (Å²) in [5, 5.41) is 16.8. The van der Waals surface area contributed by atoms with E-state index >= 15 is 0 Å². The summed E-state index contributed by atoms with van der Waals surface area (Å²) in [5.74, 6) is -1.38. The van der Waals surface area contributed by atoms with Gasteiger partial charge in [-0.3, -0.25) is 14.9 Å². The molecule has 2 aromatic rings. The number of ether oxygens (including phenoxy) is 1. The third-order valence-corrected chi connectivity index (χ3v) is 3.72. The molecule has 2 N–H and O–H groups in total. The Morgan fingerprint density at radius 3 is 2.42 bits per heavy atom. The molecular weight excluding hydrogens is 362 g/mol. The minimum Gasteiger partial charge on any atom is -0.449 e. The van der Waals surface area contributed by atoms with Crippen molar-refractivity contribution in [3.05, 3.63) is 63.2 Å². The van der Waals surface area contributed by atoms with Crippen LogP contribution < -0.4 is 10.6 Å². The number of nitro groups is 1. The standard InChI is InChI=1S/C17H16ClN3O5/c1-10(16(22)20-13-6-4-12(18)5-7-13)26-17(23)11-3-8-14(19-2)15(9-11)21(24)25/h3-10,19H,1-2H3,(H,20,22)/t10-/m0/s1. The summed E-state index contributed by atoms with van der Waals surface area (Å²) < 4.78 is 5.08. The highest BCUT2D eigenvalue weighted by molar-refractivity contribution is 6.30. The lowest BCUT2D eigenvalue weighted by atomic mass is 10.1. The summed E-state index contributed by atoms with van der Waals surface area (Å²) in [6.45, 7) is 1.40. The van der Waals surface area contributed by atoms with Gasteiger partial charge < -0.3 is 15.4 Å². The third-order valence-electron chi connectivity index (χ3n) is 3.46. The zero-order chi connectivity index (χ0) is 19.3. The number of anilines is 2. The number of nitro benzene ring substituents is 1. The molecule has 2 aromatic carbocycles. The van der Waals surface area contributed by atoms with Crippen molar-refractivity contribution >= 4 is 40.5 Å². The van der Waals surface area contributed by atoms with Gasteiger partial charge >= 0.3 is 5.97 Å². The maximum Gasteiger partial charge on any atom is 0.339 e. The van der Waals surface area contributed by atoms with Crippen LogP contribution in [0.15, 0.2) is 42.5 Å². The van der Waals surface area contributed by atoms with Crippen molar-refractivity contribution in [2.45, 2.75) is 13.0 Å². The number of benzene rings is 2. The second-order valence-corrected chi connectivity index (χ2v) is 5.72. The lowest BCUT2D eigenvalue weighted by Crippen LogP contribution is -2.30. The van der Waals surface area contributed by atoms with Crippen LogP contribution in [0.4, 0.5) is 17.1 Å². The fourth-order valence-corrected chi connectivity index (χ4v) is 2.21. The van der Waals surface area contributed by atoms with E-state index in [1.54, 1.807) is 24.3 Å². The van der Waals surface area contributed by atoms with Crippen LogP contribution in [0.3, 0.4) is 0 Å². The van der Waals surface area contributed by atoms with E-state index in [-0.39, 0.29) is 16.9 Å². The number of carbonyl (C=O) groups is 2. The number of hydrogen-bond acceptors (Lipinski definition) is 6. The number of amides is 1. The first-order valence-electron chi connectivity index (χ1n) is 7.55. The summed E-state index contributed by atoms with van der Waals surface area (Å²) in [6, 6.07) is 10.3. The maximum atomic E-state index is 12.2. The maximum absolute atomic E-state index is 12.2. The normalized spacial score (nSPS) is 11.3. The van der Waals surface area contributed by atoms with Crippen LogP contribution in [0.25, 0.3) is 0 Å². The van der Waals surface area contributed by atoms with E-state index in [0.717, 1.165) is 6.07 Å². The predicted octanol–water partition coefficient (Wildman–Crippen LogP) is 3.47. The monoisotopic (exact) mass is 377 g/mol. The molecule has 0 aliphatic rings. The largest absolute Gasteiger partial charge is 0.449 e. The Hall–Kier alpha value is -3.13. The number of hydrogen-bond donors (Lipinski definition) is 2. The Kier molecular flexibility index (Phi) is 6.13. The summed E-state index contributed by atoms with van der Waals surface area (Å²) in [5.41, 5.74) is 0.471. The molecule has 1 amide bonds. The minimum absolute atomic E-state index is 0.0261. The number of carbonyl (C=O) groups excluding carboxylic acids is 2. The molecule has 8 nitrogen and oxygen atoms in total. The van der Waals surface area contributed by atoms with Gasteiger partial charge in [0.2, 0.25) is 0 Å². The SMILES string of the molecule is CNc1ccc(C(=O)O[C@@H](C)C(=O)Nc2ccc(Cl)cc2)cc1[N+](=O)[O-]. The zero-order valence-electron chi connectivity index (χ0n) is 14.0. The third kappa shape index (κ3) is 4.70. The van der Waals surface area contributed by atoms with Crippen molar-refractivity contribution in [2.75, 3.05) is 17.7 Å². The second kappa shape index (κ2) is 8.30. The van der Waals surface area contributed by atoms with Gasteiger partial charge in [-0.1, -0.05) is 11.6 Å². The van der Waals surface area contributed by atoms with Gasteiger partial charge in [0.15, 0.2) is 6.10 Å². The van der Waals surface area contributed by atoms with E-state index in [1.165, 1.54) is 26.1 Å². The van der Waals surface area contributed by atoms with Crippen LogP contribution in [0.1, 0.15) is 17.3 Å². The van der Waals surface area contributed by atoms with E-state index in [9.17, 15) is 19.7 Å². The van der Waals surface area contributed by atoms with Gasteiger partial charge in [0, 0.05) is 23.8 Å². The van der Waals surface area contributed by atoms with Crippen LogP contribution in [-0.4, -0.2) is 30.0 Å². The van der Waals surface area contributed by atoms with E-state index < -0.39 is 22.9 Å². The van der Waals surface area contributed by atoms with Crippen molar-refractivity contribution in [1.82, 2.24) is 0 Å². The van der Waals surface area contributed by atoms with Crippen molar-refractivity contribution < 1.29 is 19.2 Å². The Balaban J connectivity index is 2.06. The molecule has 2 rings (SSSR count). The van der Waals surface area contributed by atoms with Crippen LogP contribution in [0, 0.1) is 10.1 Å². The lowest BCUT2D eigenvalue weighted by molar-refractivity contribution is -0.384. The van der Waals surface area contributed by atoms with Gasteiger partial charge in [-0.05, 0) is 43.3 Å². The highest BCUT2D eigenvalue weighted by atomic mass is 35.5. The van der Waals surface area contributed by atoms with Gasteiger partial charge in [0.05, 0.1) is 10.5 Å². The summed E-state index contributed by atoms with van der Waals surface area (Å²) in [6.07, 6.45) is -1.10. The number of halogens is 1. The highest BCUT2D eigenvalue weighted by Gasteiger charge is 2.22. The van der Waals surface area contributed by atoms with Crippen molar-refractivity contribution in [2.24, 2.45) is 0 Å². The van der Waals surface area contributed by atoms with Crippen LogP contribution in [0.2, 0.25) is 5.02 Å². The summed E-state index contributed by atoms with van der Waals surface area (Å²) >= 11 is 5.77. The molecule has 0 bridgehead atoms. The Morgan fingerprint density at radius 2 is 1.85 bits per heavy atom. The van der Waals surface area contributed by atoms with E-state index in [1.807, 2.05) is 0 Å². The summed E-state index contributed by atoms with van der Waals surface area (Å²) in [4.78, 5) is 34.7. The quantitative estimate of drug-likeness (QED) is 0.453. The fraction of sp³-hybridized carbons (Fsp3) is 0.176. The van der Waals surface area contributed by atoms with Crippen molar-refractivity contribution in [3.63, 3.8) is 0 Å².